The van der Waals surface area contributed by atoms with Gasteiger partial charge in [0.15, 0.2) is 11.2 Å². The average Bonchev–Trinajstić information content (AvgIpc) is 3.18. The van der Waals surface area contributed by atoms with E-state index in [1.54, 1.807) is 4.90 Å². The van der Waals surface area contributed by atoms with Crippen molar-refractivity contribution < 1.29 is 9.59 Å². The maximum atomic E-state index is 13.4. The van der Waals surface area contributed by atoms with Gasteiger partial charge in [0.05, 0.1) is 11.4 Å². The number of nitrogens with zero attached hydrogens (tertiary/aromatic N) is 3. The zero-order chi connectivity index (χ0) is 22.9. The molecule has 0 aliphatic carbocycles. The van der Waals surface area contributed by atoms with E-state index in [0.29, 0.717) is 11.0 Å². The van der Waals surface area contributed by atoms with Crippen LogP contribution in [0.1, 0.15) is 28.3 Å². The maximum absolute atomic E-state index is 13.4. The van der Waals surface area contributed by atoms with Gasteiger partial charge in [-0.2, -0.15) is 0 Å². The molecule has 0 saturated heterocycles. The number of carbonyl (C=O) groups is 2. The molecule has 2 aliphatic heterocycles. The quantitative estimate of drug-likeness (QED) is 0.602. The van der Waals surface area contributed by atoms with E-state index < -0.39 is 6.04 Å². The summed E-state index contributed by atoms with van der Waals surface area (Å²) in [6.45, 7) is 4.04. The molecule has 33 heavy (non-hydrogen) atoms. The van der Waals surface area contributed by atoms with Crippen LogP contribution in [0.5, 0.6) is 0 Å². The predicted molar refractivity (Wildman–Crippen MR) is 133 cm³/mol. The highest BCUT2D eigenvalue weighted by Crippen LogP contribution is 2.37. The van der Waals surface area contributed by atoms with Crippen molar-refractivity contribution in [2.75, 3.05) is 11.1 Å². The van der Waals surface area contributed by atoms with Crippen molar-refractivity contribution >= 4 is 46.0 Å². The molecular formula is C26H22N4O2S. The Labute approximate surface area is 196 Å². The van der Waals surface area contributed by atoms with Crippen molar-refractivity contribution in [3.05, 3.63) is 95.1 Å². The molecule has 0 saturated carbocycles. The van der Waals surface area contributed by atoms with Crippen LogP contribution >= 0.6 is 11.8 Å². The van der Waals surface area contributed by atoms with E-state index in [9.17, 15) is 9.59 Å². The summed E-state index contributed by atoms with van der Waals surface area (Å²) in [4.78, 5) is 37.0. The fourth-order valence-corrected chi connectivity index (χ4v) is 4.65. The molecule has 1 unspecified atom stereocenters. The van der Waals surface area contributed by atoms with E-state index in [2.05, 4.69) is 5.32 Å². The van der Waals surface area contributed by atoms with E-state index in [1.807, 2.05) is 86.6 Å². The van der Waals surface area contributed by atoms with Gasteiger partial charge in [-0.1, -0.05) is 60.3 Å². The minimum absolute atomic E-state index is 0.126. The second-order valence-electron chi connectivity index (χ2n) is 7.99. The van der Waals surface area contributed by atoms with Crippen molar-refractivity contribution in [3.63, 3.8) is 0 Å². The topological polar surface area (TPSA) is 74.1 Å². The minimum atomic E-state index is -0.623. The maximum Gasteiger partial charge on any atom is 0.263 e. The van der Waals surface area contributed by atoms with Crippen LogP contribution in [0.25, 0.3) is 0 Å². The number of rotatable bonds is 4. The first-order valence-electron chi connectivity index (χ1n) is 10.7. The number of para-hydroxylation sites is 1. The molecule has 3 aromatic carbocycles. The van der Waals surface area contributed by atoms with Gasteiger partial charge in [0.1, 0.15) is 5.84 Å². The van der Waals surface area contributed by atoms with Gasteiger partial charge in [0.2, 0.25) is 5.91 Å². The molecule has 3 aromatic rings. The normalized spacial score (nSPS) is 16.6. The molecule has 0 spiro atoms. The summed E-state index contributed by atoms with van der Waals surface area (Å²) < 4.78 is 0. The number of nitrogens with one attached hydrogen (secondary N) is 1. The first-order valence-corrected chi connectivity index (χ1v) is 11.6. The number of hydrogen-bond acceptors (Lipinski definition) is 5. The monoisotopic (exact) mass is 454 g/mol. The molecule has 2 heterocycles. The molecule has 164 valence electrons. The van der Waals surface area contributed by atoms with Crippen LogP contribution in [-0.2, 0) is 9.59 Å². The molecule has 2 aliphatic rings. The molecule has 0 fully saturated rings. The number of benzene rings is 3. The third-order valence-electron chi connectivity index (χ3n) is 5.71. The van der Waals surface area contributed by atoms with Crippen LogP contribution in [-0.4, -0.2) is 33.5 Å². The predicted octanol–water partition coefficient (Wildman–Crippen LogP) is 5.01. The Kier molecular flexibility index (Phi) is 5.56. The number of anilines is 1. The fraction of sp³-hybridized carbons (Fsp3) is 0.154. The number of aliphatic imine (C=N–C) groups is 2. The fourth-order valence-electron chi connectivity index (χ4n) is 3.85. The SMILES string of the molecule is Cc1ccc(NC(=O)CSC2=Nc3ccccc3C3=NC(c4ccccc4)C(=O)N23)cc1C. The highest BCUT2D eigenvalue weighted by atomic mass is 32.2. The van der Waals surface area contributed by atoms with Gasteiger partial charge in [-0.3, -0.25) is 9.59 Å². The lowest BCUT2D eigenvalue weighted by molar-refractivity contribution is -0.124. The van der Waals surface area contributed by atoms with Gasteiger partial charge >= 0.3 is 0 Å². The Balaban J connectivity index is 1.39. The number of aryl methyl sites for hydroxylation is 2. The molecule has 0 bridgehead atoms. The molecule has 0 aromatic heterocycles. The summed E-state index contributed by atoms with van der Waals surface area (Å²) in [5, 5.41) is 3.39. The first-order chi connectivity index (χ1) is 16.0. The molecule has 7 heteroatoms. The van der Waals surface area contributed by atoms with Crippen molar-refractivity contribution in [2.24, 2.45) is 9.98 Å². The lowest BCUT2D eigenvalue weighted by Gasteiger charge is -2.25. The van der Waals surface area contributed by atoms with Crippen LogP contribution in [0.15, 0.2) is 82.8 Å². The molecule has 2 amide bonds. The van der Waals surface area contributed by atoms with Crippen molar-refractivity contribution in [2.45, 2.75) is 19.9 Å². The van der Waals surface area contributed by atoms with Gasteiger partial charge in [-0.25, -0.2) is 14.9 Å². The second-order valence-corrected chi connectivity index (χ2v) is 8.93. The molecular weight excluding hydrogens is 432 g/mol. The average molecular weight is 455 g/mol. The van der Waals surface area contributed by atoms with Crippen LogP contribution < -0.4 is 5.32 Å². The molecule has 0 radical (unpaired) electrons. The van der Waals surface area contributed by atoms with E-state index in [4.69, 9.17) is 9.98 Å². The summed E-state index contributed by atoms with van der Waals surface area (Å²) in [5.41, 5.74) is 5.43. The Morgan fingerprint density at radius 3 is 2.55 bits per heavy atom. The highest BCUT2D eigenvalue weighted by Gasteiger charge is 2.42. The standard InChI is InChI=1S/C26H22N4O2S/c1-16-12-13-19(14-17(16)2)27-22(31)15-33-26-28-21-11-7-6-10-20(21)24-29-23(25(32)30(24)26)18-8-4-3-5-9-18/h3-14,23H,15H2,1-2H3,(H,27,31). The summed E-state index contributed by atoms with van der Waals surface area (Å²) in [7, 11) is 0. The van der Waals surface area contributed by atoms with Gasteiger partial charge in [0, 0.05) is 11.3 Å². The largest absolute Gasteiger partial charge is 0.325 e. The summed E-state index contributed by atoms with van der Waals surface area (Å²) in [6.07, 6.45) is 0. The second kappa shape index (κ2) is 8.67. The third kappa shape index (κ3) is 4.07. The van der Waals surface area contributed by atoms with Crippen molar-refractivity contribution in [1.29, 1.82) is 0 Å². The molecule has 5 rings (SSSR count). The Hall–Kier alpha value is -3.71. The number of carbonyl (C=O) groups excluding carboxylic acids is 2. The number of amides is 2. The van der Waals surface area contributed by atoms with Gasteiger partial charge in [-0.05, 0) is 54.8 Å². The van der Waals surface area contributed by atoms with Crippen molar-refractivity contribution in [1.82, 2.24) is 4.90 Å². The number of hydrogen-bond donors (Lipinski definition) is 1. The first kappa shape index (κ1) is 21.2. The van der Waals surface area contributed by atoms with Crippen LogP contribution in [0.2, 0.25) is 0 Å². The van der Waals surface area contributed by atoms with Gasteiger partial charge in [0.25, 0.3) is 5.91 Å². The highest BCUT2D eigenvalue weighted by molar-refractivity contribution is 8.14. The number of amidine groups is 2. The summed E-state index contributed by atoms with van der Waals surface area (Å²) in [6, 6.07) is 22.3. The smallest absolute Gasteiger partial charge is 0.263 e. The molecule has 1 N–H and O–H groups in total. The van der Waals surface area contributed by atoms with Crippen LogP contribution in [0.4, 0.5) is 11.4 Å². The van der Waals surface area contributed by atoms with Crippen LogP contribution in [0, 0.1) is 13.8 Å². The van der Waals surface area contributed by atoms with Crippen molar-refractivity contribution in [3.8, 4) is 0 Å². The summed E-state index contributed by atoms with van der Waals surface area (Å²) in [5.74, 6) is 0.388. The third-order valence-corrected chi connectivity index (χ3v) is 6.65. The number of thioether (sulfide) groups is 1. The summed E-state index contributed by atoms with van der Waals surface area (Å²) >= 11 is 1.24. The van der Waals surface area contributed by atoms with Crippen LogP contribution in [0.3, 0.4) is 0 Å². The van der Waals surface area contributed by atoms with E-state index in [1.165, 1.54) is 17.3 Å². The Bertz CT molecular complexity index is 1320. The van der Waals surface area contributed by atoms with Gasteiger partial charge in [-0.15, -0.1) is 0 Å². The Morgan fingerprint density at radius 1 is 1.00 bits per heavy atom. The van der Waals surface area contributed by atoms with E-state index in [-0.39, 0.29) is 17.6 Å². The molecule has 1 atom stereocenters. The minimum Gasteiger partial charge on any atom is -0.325 e. The molecule has 6 nitrogen and oxygen atoms in total. The zero-order valence-corrected chi connectivity index (χ0v) is 19.1. The van der Waals surface area contributed by atoms with Gasteiger partial charge < -0.3 is 5.32 Å². The van der Waals surface area contributed by atoms with E-state index in [0.717, 1.165) is 28.1 Å². The zero-order valence-electron chi connectivity index (χ0n) is 18.3. The lowest BCUT2D eigenvalue weighted by atomic mass is 10.1. The Morgan fingerprint density at radius 2 is 1.76 bits per heavy atom. The van der Waals surface area contributed by atoms with E-state index >= 15 is 0 Å². The number of fused-ring (bicyclic) bond motifs is 3. The lowest BCUT2D eigenvalue weighted by Crippen LogP contribution is -2.40.